The van der Waals surface area contributed by atoms with E-state index >= 15 is 0 Å². The minimum absolute atomic E-state index is 0.303. The van der Waals surface area contributed by atoms with Crippen molar-refractivity contribution in [3.05, 3.63) is 54.1 Å². The molecule has 0 aliphatic heterocycles. The molecule has 0 heterocycles. The highest BCUT2D eigenvalue weighted by Crippen LogP contribution is 2.25. The van der Waals surface area contributed by atoms with E-state index in [0.29, 0.717) is 5.56 Å². The number of hydrogen-bond acceptors (Lipinski definition) is 1. The Morgan fingerprint density at radius 2 is 1.94 bits per heavy atom. The van der Waals surface area contributed by atoms with Crippen molar-refractivity contribution >= 4 is 22.3 Å². The summed E-state index contributed by atoms with van der Waals surface area (Å²) in [5, 5.41) is 11.0. The summed E-state index contributed by atoms with van der Waals surface area (Å²) in [5.41, 5.74) is 2.08. The first-order valence-corrected chi connectivity index (χ1v) is 5.01. The number of hydrogen-bond donors (Lipinski definition) is 1. The van der Waals surface area contributed by atoms with Crippen LogP contribution in [0.15, 0.2) is 43.0 Å². The number of rotatable bonds is 2. The SMILES string of the molecule is C=C(C)c1cc(C(=O)O)cc2ccccc12. The van der Waals surface area contributed by atoms with E-state index in [4.69, 9.17) is 5.11 Å². The standard InChI is InChI=1S/C14H12O2/c1-9(2)13-8-11(14(15)16)7-10-5-3-4-6-12(10)13/h3-8H,1H2,2H3,(H,15,16). The van der Waals surface area contributed by atoms with Gasteiger partial charge in [0.2, 0.25) is 0 Å². The zero-order chi connectivity index (χ0) is 11.7. The van der Waals surface area contributed by atoms with E-state index in [1.54, 1.807) is 12.1 Å². The molecule has 0 bridgehead atoms. The highest BCUT2D eigenvalue weighted by molar-refractivity contribution is 6.00. The lowest BCUT2D eigenvalue weighted by molar-refractivity contribution is 0.0697. The normalized spacial score (nSPS) is 10.3. The molecular weight excluding hydrogens is 200 g/mol. The van der Waals surface area contributed by atoms with Crippen LogP contribution >= 0.6 is 0 Å². The molecule has 0 spiro atoms. The van der Waals surface area contributed by atoms with Gasteiger partial charge in [-0.15, -0.1) is 0 Å². The minimum atomic E-state index is -0.909. The van der Waals surface area contributed by atoms with E-state index in [1.807, 2.05) is 31.2 Å². The molecule has 0 saturated heterocycles. The fourth-order valence-electron chi connectivity index (χ4n) is 1.79. The Bertz CT molecular complexity index is 582. The van der Waals surface area contributed by atoms with E-state index in [-0.39, 0.29) is 0 Å². The van der Waals surface area contributed by atoms with Crippen LogP contribution in [0.4, 0.5) is 0 Å². The quantitative estimate of drug-likeness (QED) is 0.826. The van der Waals surface area contributed by atoms with Crippen molar-refractivity contribution in [2.24, 2.45) is 0 Å². The van der Waals surface area contributed by atoms with Crippen LogP contribution in [-0.2, 0) is 0 Å². The van der Waals surface area contributed by atoms with Crippen LogP contribution in [0.5, 0.6) is 0 Å². The molecule has 0 unspecified atom stereocenters. The summed E-state index contributed by atoms with van der Waals surface area (Å²) in [5.74, 6) is -0.909. The second-order valence-corrected chi connectivity index (χ2v) is 3.83. The maximum atomic E-state index is 11.0. The Morgan fingerprint density at radius 3 is 2.56 bits per heavy atom. The van der Waals surface area contributed by atoms with Gasteiger partial charge in [-0.3, -0.25) is 0 Å². The van der Waals surface area contributed by atoms with Gasteiger partial charge >= 0.3 is 5.97 Å². The fraction of sp³-hybridized carbons (Fsp3) is 0.0714. The van der Waals surface area contributed by atoms with Crippen LogP contribution in [0.3, 0.4) is 0 Å². The largest absolute Gasteiger partial charge is 0.478 e. The van der Waals surface area contributed by atoms with Crippen LogP contribution in [0.25, 0.3) is 16.3 Å². The third-order valence-corrected chi connectivity index (χ3v) is 2.57. The number of fused-ring (bicyclic) bond motifs is 1. The van der Waals surface area contributed by atoms with Gasteiger partial charge in [-0.25, -0.2) is 4.79 Å². The Kier molecular flexibility index (Phi) is 2.49. The van der Waals surface area contributed by atoms with E-state index in [9.17, 15) is 4.79 Å². The molecule has 2 nitrogen and oxygen atoms in total. The molecule has 0 aliphatic carbocycles. The van der Waals surface area contributed by atoms with Gasteiger partial charge in [-0.05, 0) is 35.4 Å². The fourth-order valence-corrected chi connectivity index (χ4v) is 1.79. The van der Waals surface area contributed by atoms with Gasteiger partial charge < -0.3 is 5.11 Å². The molecule has 0 radical (unpaired) electrons. The lowest BCUT2D eigenvalue weighted by Crippen LogP contribution is -1.97. The van der Waals surface area contributed by atoms with Gasteiger partial charge in [0.1, 0.15) is 0 Å². The van der Waals surface area contributed by atoms with Crippen molar-refractivity contribution in [2.75, 3.05) is 0 Å². The van der Waals surface area contributed by atoms with E-state index in [2.05, 4.69) is 6.58 Å². The maximum Gasteiger partial charge on any atom is 0.335 e. The highest BCUT2D eigenvalue weighted by Gasteiger charge is 2.08. The number of benzene rings is 2. The number of carboxylic acids is 1. The summed E-state index contributed by atoms with van der Waals surface area (Å²) in [7, 11) is 0. The molecule has 0 amide bonds. The lowest BCUT2D eigenvalue weighted by Gasteiger charge is -2.07. The van der Waals surface area contributed by atoms with Crippen LogP contribution in [-0.4, -0.2) is 11.1 Å². The molecule has 2 aromatic carbocycles. The average Bonchev–Trinajstić information content (AvgIpc) is 2.27. The third-order valence-electron chi connectivity index (χ3n) is 2.57. The van der Waals surface area contributed by atoms with Gasteiger partial charge in [-0.2, -0.15) is 0 Å². The molecule has 0 aliphatic rings. The van der Waals surface area contributed by atoms with Crippen molar-refractivity contribution in [2.45, 2.75) is 6.92 Å². The van der Waals surface area contributed by atoms with E-state index in [0.717, 1.165) is 21.9 Å². The zero-order valence-electron chi connectivity index (χ0n) is 9.03. The molecule has 1 N–H and O–H groups in total. The van der Waals surface area contributed by atoms with Crippen LogP contribution in [0.2, 0.25) is 0 Å². The van der Waals surface area contributed by atoms with Crippen molar-refractivity contribution in [3.8, 4) is 0 Å². The molecule has 0 atom stereocenters. The summed E-state index contributed by atoms with van der Waals surface area (Å²) < 4.78 is 0. The van der Waals surface area contributed by atoms with Crippen molar-refractivity contribution in [1.29, 1.82) is 0 Å². The summed E-state index contributed by atoms with van der Waals surface area (Å²) >= 11 is 0. The number of aromatic carboxylic acids is 1. The summed E-state index contributed by atoms with van der Waals surface area (Å²) in [6.07, 6.45) is 0. The van der Waals surface area contributed by atoms with Crippen molar-refractivity contribution < 1.29 is 9.90 Å². The predicted octanol–water partition coefficient (Wildman–Crippen LogP) is 3.57. The first-order chi connectivity index (χ1) is 7.59. The molecule has 16 heavy (non-hydrogen) atoms. The summed E-state index contributed by atoms with van der Waals surface area (Å²) in [6, 6.07) is 11.1. The summed E-state index contributed by atoms with van der Waals surface area (Å²) in [6.45, 7) is 5.77. The Morgan fingerprint density at radius 1 is 1.25 bits per heavy atom. The van der Waals surface area contributed by atoms with E-state index in [1.165, 1.54) is 0 Å². The smallest absolute Gasteiger partial charge is 0.335 e. The second kappa shape index (κ2) is 3.81. The number of allylic oxidation sites excluding steroid dienone is 1. The average molecular weight is 212 g/mol. The summed E-state index contributed by atoms with van der Waals surface area (Å²) in [4.78, 5) is 11.0. The van der Waals surface area contributed by atoms with Crippen LogP contribution in [0, 0.1) is 0 Å². The molecule has 0 aromatic heterocycles. The van der Waals surface area contributed by atoms with Gasteiger partial charge in [-0.1, -0.05) is 36.4 Å². The van der Waals surface area contributed by atoms with Crippen molar-refractivity contribution in [1.82, 2.24) is 0 Å². The minimum Gasteiger partial charge on any atom is -0.478 e. The highest BCUT2D eigenvalue weighted by atomic mass is 16.4. The molecule has 0 saturated carbocycles. The Labute approximate surface area is 93.8 Å². The zero-order valence-corrected chi connectivity index (χ0v) is 9.03. The number of carbonyl (C=O) groups is 1. The molecule has 2 heteroatoms. The van der Waals surface area contributed by atoms with E-state index < -0.39 is 5.97 Å². The lowest BCUT2D eigenvalue weighted by atomic mass is 9.97. The van der Waals surface area contributed by atoms with Gasteiger partial charge in [0.15, 0.2) is 0 Å². The van der Waals surface area contributed by atoms with Gasteiger partial charge in [0, 0.05) is 0 Å². The second-order valence-electron chi connectivity index (χ2n) is 3.83. The Balaban J connectivity index is 2.84. The first-order valence-electron chi connectivity index (χ1n) is 5.01. The predicted molar refractivity (Wildman–Crippen MR) is 65.6 cm³/mol. The van der Waals surface area contributed by atoms with Crippen LogP contribution < -0.4 is 0 Å². The molecular formula is C14H12O2. The van der Waals surface area contributed by atoms with Crippen molar-refractivity contribution in [3.63, 3.8) is 0 Å². The monoisotopic (exact) mass is 212 g/mol. The van der Waals surface area contributed by atoms with Crippen LogP contribution in [0.1, 0.15) is 22.8 Å². The molecule has 2 rings (SSSR count). The van der Waals surface area contributed by atoms with Gasteiger partial charge in [0.25, 0.3) is 0 Å². The molecule has 2 aromatic rings. The molecule has 0 fully saturated rings. The maximum absolute atomic E-state index is 11.0. The first kappa shape index (κ1) is 10.4. The Hall–Kier alpha value is -2.09. The molecule has 80 valence electrons. The van der Waals surface area contributed by atoms with Gasteiger partial charge in [0.05, 0.1) is 5.56 Å². The third kappa shape index (κ3) is 1.70. The number of carboxylic acid groups (broad SMARTS) is 1. The topological polar surface area (TPSA) is 37.3 Å².